The molecule has 2 heterocycles. The van der Waals surface area contributed by atoms with E-state index in [2.05, 4.69) is 0 Å². The summed E-state index contributed by atoms with van der Waals surface area (Å²) < 4.78 is 27.4. The maximum absolute atomic E-state index is 12.1. The first-order chi connectivity index (χ1) is 9.34. The number of aromatic carboxylic acids is 1. The number of sulfonamides is 1. The summed E-state index contributed by atoms with van der Waals surface area (Å²) in [4.78, 5) is 11.1. The van der Waals surface area contributed by atoms with Crippen LogP contribution in [0.5, 0.6) is 0 Å². The molecule has 112 valence electrons. The molecule has 0 amide bonds. The van der Waals surface area contributed by atoms with Gasteiger partial charge in [0.2, 0.25) is 10.0 Å². The molecule has 1 aromatic rings. The number of aromatic nitrogens is 1. The molecule has 1 saturated heterocycles. The average molecular weight is 300 g/mol. The van der Waals surface area contributed by atoms with Crippen LogP contribution in [0, 0.1) is 0 Å². The van der Waals surface area contributed by atoms with Crippen molar-refractivity contribution in [2.75, 3.05) is 13.1 Å². The fourth-order valence-electron chi connectivity index (χ4n) is 2.57. The third-order valence-corrected chi connectivity index (χ3v) is 6.05. The minimum absolute atomic E-state index is 0.0507. The molecule has 0 bridgehead atoms. The largest absolute Gasteiger partial charge is 0.477 e. The Morgan fingerprint density at radius 1 is 1.35 bits per heavy atom. The van der Waals surface area contributed by atoms with Gasteiger partial charge in [0, 0.05) is 25.3 Å². The molecule has 6 nitrogen and oxygen atoms in total. The molecule has 0 radical (unpaired) electrons. The summed E-state index contributed by atoms with van der Waals surface area (Å²) in [7, 11) is -3.21. The summed E-state index contributed by atoms with van der Waals surface area (Å²) in [6.07, 6.45) is 3.03. The van der Waals surface area contributed by atoms with Gasteiger partial charge in [-0.3, -0.25) is 0 Å². The monoisotopic (exact) mass is 300 g/mol. The van der Waals surface area contributed by atoms with E-state index in [-0.39, 0.29) is 11.7 Å². The van der Waals surface area contributed by atoms with Crippen LogP contribution in [0.15, 0.2) is 18.3 Å². The normalized spacial score (nSPS) is 18.6. The van der Waals surface area contributed by atoms with Crippen LogP contribution in [0.2, 0.25) is 0 Å². The lowest BCUT2D eigenvalue weighted by Gasteiger charge is -2.33. The van der Waals surface area contributed by atoms with Crippen molar-refractivity contribution in [1.82, 2.24) is 8.87 Å². The van der Waals surface area contributed by atoms with Gasteiger partial charge in [-0.05, 0) is 38.8 Å². The summed E-state index contributed by atoms with van der Waals surface area (Å²) in [6.45, 7) is 4.25. The van der Waals surface area contributed by atoms with Crippen molar-refractivity contribution in [3.63, 3.8) is 0 Å². The van der Waals surface area contributed by atoms with Crippen LogP contribution < -0.4 is 0 Å². The molecule has 0 atom stereocenters. The predicted octanol–water partition coefficient (Wildman–Crippen LogP) is 1.56. The molecule has 7 heteroatoms. The Morgan fingerprint density at radius 2 is 1.95 bits per heavy atom. The number of carboxylic acids is 1. The van der Waals surface area contributed by atoms with Crippen molar-refractivity contribution in [1.29, 1.82) is 0 Å². The quantitative estimate of drug-likeness (QED) is 0.915. The Kier molecular flexibility index (Phi) is 4.19. The Balaban J connectivity index is 2.09. The number of hydrogen-bond acceptors (Lipinski definition) is 3. The van der Waals surface area contributed by atoms with Crippen molar-refractivity contribution in [2.45, 2.75) is 38.0 Å². The molecule has 0 saturated carbocycles. The molecular formula is C13H20N2O4S. The molecule has 0 aromatic carbocycles. The number of hydrogen-bond donors (Lipinski definition) is 1. The van der Waals surface area contributed by atoms with E-state index in [4.69, 9.17) is 5.11 Å². The maximum Gasteiger partial charge on any atom is 0.352 e. The average Bonchev–Trinajstić information content (AvgIpc) is 2.88. The number of rotatable bonds is 4. The Hall–Kier alpha value is -1.34. The van der Waals surface area contributed by atoms with Gasteiger partial charge in [0.15, 0.2) is 0 Å². The maximum atomic E-state index is 12.1. The first kappa shape index (κ1) is 15.1. The van der Waals surface area contributed by atoms with Gasteiger partial charge in [-0.2, -0.15) is 0 Å². The number of piperidine rings is 1. The summed E-state index contributed by atoms with van der Waals surface area (Å²) >= 11 is 0. The lowest BCUT2D eigenvalue weighted by atomic mass is 10.1. The summed E-state index contributed by atoms with van der Waals surface area (Å²) in [5.41, 5.74) is 0.259. The van der Waals surface area contributed by atoms with Crippen LogP contribution in [0.3, 0.4) is 0 Å². The second-order valence-electron chi connectivity index (χ2n) is 5.33. The van der Waals surface area contributed by atoms with E-state index in [0.717, 1.165) is 0 Å². The van der Waals surface area contributed by atoms with Gasteiger partial charge in [-0.15, -0.1) is 0 Å². The van der Waals surface area contributed by atoms with Crippen LogP contribution in [-0.2, 0) is 10.0 Å². The van der Waals surface area contributed by atoms with E-state index >= 15 is 0 Å². The fourth-order valence-corrected chi connectivity index (χ4v) is 3.88. The van der Waals surface area contributed by atoms with E-state index in [9.17, 15) is 13.2 Å². The molecule has 2 rings (SSSR count). The lowest BCUT2D eigenvalue weighted by Crippen LogP contribution is -2.42. The van der Waals surface area contributed by atoms with Gasteiger partial charge in [-0.25, -0.2) is 17.5 Å². The third kappa shape index (κ3) is 2.73. The summed E-state index contributed by atoms with van der Waals surface area (Å²) in [5, 5.41) is 8.70. The molecule has 1 fully saturated rings. The summed E-state index contributed by atoms with van der Waals surface area (Å²) in [6, 6.07) is 3.33. The zero-order chi connectivity index (χ0) is 14.9. The minimum atomic E-state index is -3.21. The number of carboxylic acid groups (broad SMARTS) is 1. The van der Waals surface area contributed by atoms with Crippen molar-refractivity contribution in [3.8, 4) is 0 Å². The SMILES string of the molecule is CC(C)S(=O)(=O)N1CCC(n2cccc2C(=O)O)CC1. The highest BCUT2D eigenvalue weighted by Crippen LogP contribution is 2.27. The number of nitrogens with zero attached hydrogens (tertiary/aromatic N) is 2. The highest BCUT2D eigenvalue weighted by Gasteiger charge is 2.31. The van der Waals surface area contributed by atoms with Crippen LogP contribution in [0.1, 0.15) is 43.2 Å². The molecule has 1 aliphatic heterocycles. The van der Waals surface area contributed by atoms with Crippen molar-refractivity contribution < 1.29 is 18.3 Å². The van der Waals surface area contributed by atoms with Crippen molar-refractivity contribution in [2.24, 2.45) is 0 Å². The smallest absolute Gasteiger partial charge is 0.352 e. The van der Waals surface area contributed by atoms with Crippen molar-refractivity contribution in [3.05, 3.63) is 24.0 Å². The number of carbonyl (C=O) groups is 1. The molecular weight excluding hydrogens is 280 g/mol. The van der Waals surface area contributed by atoms with Gasteiger partial charge in [0.05, 0.1) is 5.25 Å². The van der Waals surface area contributed by atoms with E-state index in [1.807, 2.05) is 0 Å². The Bertz CT molecular complexity index is 583. The third-order valence-electron chi connectivity index (χ3n) is 3.77. The molecule has 0 unspecified atom stereocenters. The van der Waals surface area contributed by atoms with Crippen LogP contribution in [0.25, 0.3) is 0 Å². The second-order valence-corrected chi connectivity index (χ2v) is 7.82. The van der Waals surface area contributed by atoms with E-state index in [0.29, 0.717) is 25.9 Å². The van der Waals surface area contributed by atoms with Gasteiger partial charge in [0.1, 0.15) is 5.69 Å². The van der Waals surface area contributed by atoms with Crippen LogP contribution >= 0.6 is 0 Å². The fraction of sp³-hybridized carbons (Fsp3) is 0.615. The molecule has 1 aliphatic rings. The van der Waals surface area contributed by atoms with Crippen molar-refractivity contribution >= 4 is 16.0 Å². The standard InChI is InChI=1S/C13H20N2O4S/c1-10(2)20(18,19)14-8-5-11(6-9-14)15-7-3-4-12(15)13(16)17/h3-4,7,10-11H,5-6,8-9H2,1-2H3,(H,16,17). The zero-order valence-electron chi connectivity index (χ0n) is 11.7. The minimum Gasteiger partial charge on any atom is -0.477 e. The van der Waals surface area contributed by atoms with Gasteiger partial charge in [-0.1, -0.05) is 0 Å². The molecule has 20 heavy (non-hydrogen) atoms. The van der Waals surface area contributed by atoms with Gasteiger partial charge >= 0.3 is 5.97 Å². The molecule has 0 aliphatic carbocycles. The van der Waals surface area contributed by atoms with Crippen LogP contribution in [0.4, 0.5) is 0 Å². The zero-order valence-corrected chi connectivity index (χ0v) is 12.5. The topological polar surface area (TPSA) is 79.6 Å². The first-order valence-electron chi connectivity index (χ1n) is 6.73. The van der Waals surface area contributed by atoms with Gasteiger partial charge in [0.25, 0.3) is 0 Å². The molecule has 1 aromatic heterocycles. The second kappa shape index (κ2) is 5.57. The van der Waals surface area contributed by atoms with Gasteiger partial charge < -0.3 is 9.67 Å². The highest BCUT2D eigenvalue weighted by molar-refractivity contribution is 7.89. The molecule has 1 N–H and O–H groups in total. The Morgan fingerprint density at radius 3 is 2.45 bits per heavy atom. The predicted molar refractivity (Wildman–Crippen MR) is 75.3 cm³/mol. The van der Waals surface area contributed by atoms with E-state index in [1.54, 1.807) is 36.7 Å². The van der Waals surface area contributed by atoms with E-state index < -0.39 is 21.2 Å². The first-order valence-corrected chi connectivity index (χ1v) is 8.23. The van der Waals surface area contributed by atoms with E-state index in [1.165, 1.54) is 4.31 Å². The molecule has 0 spiro atoms. The lowest BCUT2D eigenvalue weighted by molar-refractivity contribution is 0.0680. The summed E-state index contributed by atoms with van der Waals surface area (Å²) in [5.74, 6) is -0.952. The highest BCUT2D eigenvalue weighted by atomic mass is 32.2. The van der Waals surface area contributed by atoms with Crippen LogP contribution in [-0.4, -0.2) is 46.7 Å². The Labute approximate surface area is 119 Å².